The molecule has 2 aromatic heterocycles. The second kappa shape index (κ2) is 3.23. The molecule has 1 N–H and O–H groups in total. The molecule has 0 bridgehead atoms. The largest absolute Gasteiger partial charge is 0.297 e. The molecule has 0 aliphatic heterocycles. The molecule has 3 heteroatoms. The normalized spacial score (nSPS) is 11.1. The zero-order chi connectivity index (χ0) is 11.1. The number of aryl methyl sites for hydroxylation is 2. The average Bonchev–Trinajstić information content (AvgIpc) is 2.82. The summed E-state index contributed by atoms with van der Waals surface area (Å²) in [5.74, 6) is 0. The summed E-state index contributed by atoms with van der Waals surface area (Å²) in [5, 5.41) is 3.27. The molecule has 0 fully saturated rings. The molecule has 0 radical (unpaired) electrons. The number of hydrogen-bond acceptors (Lipinski definition) is 1. The van der Waals surface area contributed by atoms with Crippen LogP contribution in [0.5, 0.6) is 0 Å². The third-order valence-corrected chi connectivity index (χ3v) is 2.96. The Morgan fingerprint density at radius 1 is 1.12 bits per heavy atom. The summed E-state index contributed by atoms with van der Waals surface area (Å²) >= 11 is 0. The summed E-state index contributed by atoms with van der Waals surface area (Å²) in [6.07, 6.45) is 2.03. The van der Waals surface area contributed by atoms with Gasteiger partial charge < -0.3 is 0 Å². The van der Waals surface area contributed by atoms with Crippen LogP contribution in [-0.2, 0) is 0 Å². The average molecular weight is 211 g/mol. The van der Waals surface area contributed by atoms with Gasteiger partial charge in [0.2, 0.25) is 0 Å². The summed E-state index contributed by atoms with van der Waals surface area (Å²) in [6.45, 7) is 4.15. The van der Waals surface area contributed by atoms with Gasteiger partial charge in [0.1, 0.15) is 0 Å². The number of aromatic nitrogens is 3. The number of nitrogens with zero attached hydrogens (tertiary/aromatic N) is 2. The van der Waals surface area contributed by atoms with E-state index in [2.05, 4.69) is 36.1 Å². The van der Waals surface area contributed by atoms with E-state index in [1.807, 2.05) is 28.9 Å². The molecular formula is C13H13N3. The number of fused-ring (bicyclic) bond motifs is 1. The first-order valence-corrected chi connectivity index (χ1v) is 5.35. The molecule has 0 atom stereocenters. The van der Waals surface area contributed by atoms with Crippen LogP contribution in [0.25, 0.3) is 16.9 Å². The van der Waals surface area contributed by atoms with Gasteiger partial charge in [0.25, 0.3) is 0 Å². The second-order valence-corrected chi connectivity index (χ2v) is 4.05. The minimum atomic E-state index is 1.01. The lowest BCUT2D eigenvalue weighted by Crippen LogP contribution is -1.80. The maximum absolute atomic E-state index is 4.64. The molecule has 3 nitrogen and oxygen atoms in total. The minimum absolute atomic E-state index is 1.01. The molecule has 16 heavy (non-hydrogen) atoms. The number of imidazole rings is 1. The smallest absolute Gasteiger partial charge is 0.156 e. The number of benzene rings is 1. The van der Waals surface area contributed by atoms with Gasteiger partial charge >= 0.3 is 0 Å². The summed E-state index contributed by atoms with van der Waals surface area (Å²) in [7, 11) is 0. The molecule has 0 saturated carbocycles. The van der Waals surface area contributed by atoms with Crippen LogP contribution in [0.15, 0.2) is 36.5 Å². The van der Waals surface area contributed by atoms with Gasteiger partial charge in [-0.1, -0.05) is 30.3 Å². The summed E-state index contributed by atoms with van der Waals surface area (Å²) in [6, 6.07) is 10.2. The lowest BCUT2D eigenvalue weighted by Gasteiger charge is -1.93. The van der Waals surface area contributed by atoms with E-state index in [1.165, 1.54) is 11.3 Å². The highest BCUT2D eigenvalue weighted by atomic mass is 15.3. The van der Waals surface area contributed by atoms with E-state index in [9.17, 15) is 0 Å². The Morgan fingerprint density at radius 2 is 1.88 bits per heavy atom. The Hall–Kier alpha value is -2.03. The third-order valence-electron chi connectivity index (χ3n) is 2.96. The van der Waals surface area contributed by atoms with Gasteiger partial charge in [-0.05, 0) is 13.8 Å². The highest BCUT2D eigenvalue weighted by Gasteiger charge is 2.09. The van der Waals surface area contributed by atoms with Crippen LogP contribution >= 0.6 is 0 Å². The molecule has 3 aromatic rings. The predicted molar refractivity (Wildman–Crippen MR) is 64.5 cm³/mol. The quantitative estimate of drug-likeness (QED) is 0.659. The van der Waals surface area contributed by atoms with Crippen molar-refractivity contribution in [3.8, 4) is 11.3 Å². The van der Waals surface area contributed by atoms with Crippen LogP contribution in [0.4, 0.5) is 0 Å². The van der Waals surface area contributed by atoms with Crippen molar-refractivity contribution in [1.29, 1.82) is 0 Å². The zero-order valence-corrected chi connectivity index (χ0v) is 9.36. The van der Waals surface area contributed by atoms with Crippen LogP contribution in [0.2, 0.25) is 0 Å². The van der Waals surface area contributed by atoms with Crippen LogP contribution in [0, 0.1) is 13.8 Å². The Labute approximate surface area is 93.7 Å². The monoisotopic (exact) mass is 211 g/mol. The predicted octanol–water partition coefficient (Wildman–Crippen LogP) is 2.95. The van der Waals surface area contributed by atoms with Crippen molar-refractivity contribution in [2.24, 2.45) is 0 Å². The van der Waals surface area contributed by atoms with Crippen LogP contribution in [0.3, 0.4) is 0 Å². The van der Waals surface area contributed by atoms with Crippen molar-refractivity contribution < 1.29 is 0 Å². The minimum Gasteiger partial charge on any atom is -0.297 e. The molecular weight excluding hydrogens is 198 g/mol. The molecule has 0 aliphatic carbocycles. The number of H-pyrrole nitrogens is 1. The molecule has 1 aromatic carbocycles. The van der Waals surface area contributed by atoms with Crippen molar-refractivity contribution in [1.82, 2.24) is 14.6 Å². The Morgan fingerprint density at radius 3 is 2.56 bits per heavy atom. The molecule has 0 spiro atoms. The SMILES string of the molecule is Cc1[nH]n2cc(-c3ccccc3)nc2c1C. The first kappa shape index (κ1) is 9.21. The van der Waals surface area contributed by atoms with Gasteiger partial charge in [-0.3, -0.25) is 5.10 Å². The van der Waals surface area contributed by atoms with Gasteiger partial charge in [-0.25, -0.2) is 9.50 Å². The molecule has 0 unspecified atom stereocenters. The number of hydrogen-bond donors (Lipinski definition) is 1. The van der Waals surface area contributed by atoms with E-state index in [0.717, 1.165) is 16.9 Å². The van der Waals surface area contributed by atoms with E-state index < -0.39 is 0 Å². The molecule has 0 saturated heterocycles. The van der Waals surface area contributed by atoms with Crippen molar-refractivity contribution in [3.05, 3.63) is 47.8 Å². The Kier molecular flexibility index (Phi) is 1.86. The topological polar surface area (TPSA) is 33.1 Å². The molecule has 0 aliphatic rings. The molecule has 0 amide bonds. The van der Waals surface area contributed by atoms with Crippen LogP contribution in [0.1, 0.15) is 11.3 Å². The van der Waals surface area contributed by atoms with Gasteiger partial charge in [0.15, 0.2) is 5.65 Å². The maximum Gasteiger partial charge on any atom is 0.156 e. The molecule has 2 heterocycles. The second-order valence-electron chi connectivity index (χ2n) is 4.05. The van der Waals surface area contributed by atoms with Gasteiger partial charge in [0, 0.05) is 16.8 Å². The molecule has 3 rings (SSSR count). The highest BCUT2D eigenvalue weighted by Crippen LogP contribution is 2.21. The summed E-state index contributed by atoms with van der Waals surface area (Å²) in [5.41, 5.74) is 5.55. The fourth-order valence-corrected chi connectivity index (χ4v) is 1.91. The maximum atomic E-state index is 4.64. The standard InChI is InChI=1S/C13H13N3/c1-9-10(2)15-16-8-12(14-13(9)16)11-6-4-3-5-7-11/h3-8,15H,1-2H3. The van der Waals surface area contributed by atoms with Crippen LogP contribution < -0.4 is 0 Å². The van der Waals surface area contributed by atoms with E-state index in [-0.39, 0.29) is 0 Å². The van der Waals surface area contributed by atoms with E-state index >= 15 is 0 Å². The third kappa shape index (κ3) is 1.25. The Balaban J connectivity index is 2.20. The molecule has 80 valence electrons. The van der Waals surface area contributed by atoms with E-state index in [1.54, 1.807) is 0 Å². The van der Waals surface area contributed by atoms with Gasteiger partial charge in [-0.2, -0.15) is 0 Å². The van der Waals surface area contributed by atoms with E-state index in [0.29, 0.717) is 0 Å². The lowest BCUT2D eigenvalue weighted by atomic mass is 10.2. The zero-order valence-electron chi connectivity index (χ0n) is 9.36. The van der Waals surface area contributed by atoms with Crippen molar-refractivity contribution in [3.63, 3.8) is 0 Å². The van der Waals surface area contributed by atoms with Crippen LogP contribution in [-0.4, -0.2) is 14.6 Å². The Bertz CT molecular complexity index is 632. The van der Waals surface area contributed by atoms with Crippen molar-refractivity contribution >= 4 is 5.65 Å². The fourth-order valence-electron chi connectivity index (χ4n) is 1.91. The summed E-state index contributed by atoms with van der Waals surface area (Å²) in [4.78, 5) is 4.64. The van der Waals surface area contributed by atoms with E-state index in [4.69, 9.17) is 0 Å². The first-order chi connectivity index (χ1) is 7.75. The van der Waals surface area contributed by atoms with Gasteiger partial charge in [-0.15, -0.1) is 0 Å². The summed E-state index contributed by atoms with van der Waals surface area (Å²) < 4.78 is 1.98. The lowest BCUT2D eigenvalue weighted by molar-refractivity contribution is 0.944. The first-order valence-electron chi connectivity index (χ1n) is 5.35. The number of rotatable bonds is 1. The van der Waals surface area contributed by atoms with Gasteiger partial charge in [0.05, 0.1) is 11.9 Å². The van der Waals surface area contributed by atoms with Crippen molar-refractivity contribution in [2.45, 2.75) is 13.8 Å². The fraction of sp³-hybridized carbons (Fsp3) is 0.154. The number of aromatic amines is 1. The van der Waals surface area contributed by atoms with Crippen molar-refractivity contribution in [2.75, 3.05) is 0 Å². The highest BCUT2D eigenvalue weighted by molar-refractivity contribution is 5.64. The number of nitrogens with one attached hydrogen (secondary N) is 1.